The molecule has 1 N–H and O–H groups in total. The monoisotopic (exact) mass is 386 g/mol. The van der Waals surface area contributed by atoms with E-state index >= 15 is 0 Å². The van der Waals surface area contributed by atoms with Gasteiger partial charge >= 0.3 is 5.97 Å². The zero-order valence-corrected chi connectivity index (χ0v) is 16.0. The highest BCUT2D eigenvalue weighted by atomic mass is 35.5. The summed E-state index contributed by atoms with van der Waals surface area (Å²) in [7, 11) is 3.14. The molecule has 3 aromatic rings. The largest absolute Gasteiger partial charge is 0.497 e. The van der Waals surface area contributed by atoms with Crippen LogP contribution in [0.2, 0.25) is 5.02 Å². The molecular formula is C20H19ClN2O4. The molecule has 0 saturated heterocycles. The van der Waals surface area contributed by atoms with Gasteiger partial charge in [0.1, 0.15) is 22.6 Å². The van der Waals surface area contributed by atoms with Crippen molar-refractivity contribution in [3.63, 3.8) is 0 Å². The second-order valence-corrected chi connectivity index (χ2v) is 6.00. The van der Waals surface area contributed by atoms with E-state index in [4.69, 9.17) is 25.8 Å². The van der Waals surface area contributed by atoms with Gasteiger partial charge in [0, 0.05) is 17.6 Å². The van der Waals surface area contributed by atoms with Gasteiger partial charge in [-0.1, -0.05) is 23.7 Å². The van der Waals surface area contributed by atoms with Crippen molar-refractivity contribution in [2.24, 2.45) is 0 Å². The fourth-order valence-corrected chi connectivity index (χ4v) is 2.89. The van der Waals surface area contributed by atoms with Crippen molar-refractivity contribution in [1.82, 2.24) is 4.98 Å². The molecule has 2 aromatic carbocycles. The summed E-state index contributed by atoms with van der Waals surface area (Å²) in [6, 6.07) is 10.7. The number of methoxy groups -OCH3 is 2. The number of esters is 1. The summed E-state index contributed by atoms with van der Waals surface area (Å²) in [5, 5.41) is 4.43. The Hall–Kier alpha value is -2.99. The molecule has 0 aliphatic carbocycles. The van der Waals surface area contributed by atoms with Gasteiger partial charge in [0.05, 0.1) is 37.2 Å². The number of nitrogens with one attached hydrogen (secondary N) is 1. The number of benzene rings is 2. The standard InChI is InChI=1S/C20H19ClN2O4/c1-4-27-20(24)14-11-22-19-13(6-5-7-17(19)26-3)18(14)23-16-10-12(25-2)8-9-15(16)21/h5-11H,4H2,1-3H3,(H,22,23). The first-order valence-electron chi connectivity index (χ1n) is 8.32. The molecule has 27 heavy (non-hydrogen) atoms. The van der Waals surface area contributed by atoms with Crippen LogP contribution in [0, 0.1) is 0 Å². The number of carbonyl (C=O) groups is 1. The minimum absolute atomic E-state index is 0.258. The minimum Gasteiger partial charge on any atom is -0.497 e. The number of aromatic nitrogens is 1. The predicted octanol–water partition coefficient (Wildman–Crippen LogP) is 4.83. The average Bonchev–Trinajstić information content (AvgIpc) is 2.69. The van der Waals surface area contributed by atoms with Crippen molar-refractivity contribution in [3.05, 3.63) is 53.2 Å². The van der Waals surface area contributed by atoms with E-state index in [2.05, 4.69) is 10.3 Å². The van der Waals surface area contributed by atoms with Gasteiger partial charge in [-0.2, -0.15) is 0 Å². The first kappa shape index (κ1) is 18.8. The van der Waals surface area contributed by atoms with Gasteiger partial charge in [0.25, 0.3) is 0 Å². The number of anilines is 2. The number of fused-ring (bicyclic) bond motifs is 1. The molecule has 3 rings (SSSR count). The molecule has 6 nitrogen and oxygen atoms in total. The van der Waals surface area contributed by atoms with Crippen molar-refractivity contribution in [1.29, 1.82) is 0 Å². The van der Waals surface area contributed by atoms with E-state index in [9.17, 15) is 4.79 Å². The molecule has 1 heterocycles. The van der Waals surface area contributed by atoms with Gasteiger partial charge in [0.2, 0.25) is 0 Å². The molecule has 0 amide bonds. The topological polar surface area (TPSA) is 69.7 Å². The van der Waals surface area contributed by atoms with Gasteiger partial charge in [-0.25, -0.2) is 4.79 Å². The van der Waals surface area contributed by atoms with Crippen molar-refractivity contribution in [3.8, 4) is 11.5 Å². The summed E-state index contributed by atoms with van der Waals surface area (Å²) in [5.41, 5.74) is 2.05. The first-order chi connectivity index (χ1) is 13.1. The van der Waals surface area contributed by atoms with E-state index in [-0.39, 0.29) is 6.61 Å². The van der Waals surface area contributed by atoms with Crippen LogP contribution in [-0.4, -0.2) is 31.8 Å². The van der Waals surface area contributed by atoms with Gasteiger partial charge in [-0.05, 0) is 25.1 Å². The van der Waals surface area contributed by atoms with E-state index < -0.39 is 5.97 Å². The third-order valence-corrected chi connectivity index (χ3v) is 4.34. The van der Waals surface area contributed by atoms with Crippen LogP contribution in [0.3, 0.4) is 0 Å². The first-order valence-corrected chi connectivity index (χ1v) is 8.70. The average molecular weight is 387 g/mol. The third kappa shape index (κ3) is 3.75. The number of hydrogen-bond donors (Lipinski definition) is 1. The summed E-state index contributed by atoms with van der Waals surface area (Å²) in [6.07, 6.45) is 1.47. The molecule has 0 spiro atoms. The molecule has 0 radical (unpaired) electrons. The molecule has 0 fully saturated rings. The Labute approximate surface area is 162 Å². The van der Waals surface area contributed by atoms with E-state index in [1.54, 1.807) is 39.3 Å². The fourth-order valence-electron chi connectivity index (χ4n) is 2.72. The molecular weight excluding hydrogens is 368 g/mol. The number of hydrogen-bond acceptors (Lipinski definition) is 6. The molecule has 1 aromatic heterocycles. The smallest absolute Gasteiger partial charge is 0.341 e. The molecule has 7 heteroatoms. The van der Waals surface area contributed by atoms with Gasteiger partial charge in [-0.3, -0.25) is 4.98 Å². The van der Waals surface area contributed by atoms with Crippen LogP contribution in [0.5, 0.6) is 11.5 Å². The lowest BCUT2D eigenvalue weighted by Gasteiger charge is -2.16. The highest BCUT2D eigenvalue weighted by Gasteiger charge is 2.19. The third-order valence-electron chi connectivity index (χ3n) is 4.01. The maximum absolute atomic E-state index is 12.5. The summed E-state index contributed by atoms with van der Waals surface area (Å²) >= 11 is 6.33. The Kier molecular flexibility index (Phi) is 5.66. The molecule has 0 saturated carbocycles. The van der Waals surface area contributed by atoms with E-state index in [1.165, 1.54) is 6.20 Å². The lowest BCUT2D eigenvalue weighted by molar-refractivity contribution is 0.0527. The Morgan fingerprint density at radius 3 is 2.70 bits per heavy atom. The summed E-state index contributed by atoms with van der Waals surface area (Å²) in [5.74, 6) is 0.759. The van der Waals surface area contributed by atoms with Crippen LogP contribution < -0.4 is 14.8 Å². The normalized spacial score (nSPS) is 10.5. The highest BCUT2D eigenvalue weighted by Crippen LogP contribution is 2.36. The van der Waals surface area contributed by atoms with Crippen LogP contribution in [0.1, 0.15) is 17.3 Å². The molecule has 0 unspecified atom stereocenters. The maximum Gasteiger partial charge on any atom is 0.341 e. The molecule has 0 atom stereocenters. The number of rotatable bonds is 6. The lowest BCUT2D eigenvalue weighted by atomic mass is 10.1. The second-order valence-electron chi connectivity index (χ2n) is 5.59. The quantitative estimate of drug-likeness (QED) is 0.612. The Morgan fingerprint density at radius 2 is 2.00 bits per heavy atom. The number of pyridine rings is 1. The number of para-hydroxylation sites is 1. The summed E-state index contributed by atoms with van der Waals surface area (Å²) in [4.78, 5) is 16.9. The lowest BCUT2D eigenvalue weighted by Crippen LogP contribution is -2.09. The van der Waals surface area contributed by atoms with Crippen LogP contribution in [0.15, 0.2) is 42.6 Å². The van der Waals surface area contributed by atoms with Crippen LogP contribution in [0.25, 0.3) is 10.9 Å². The zero-order chi connectivity index (χ0) is 19.4. The number of ether oxygens (including phenoxy) is 3. The Bertz CT molecular complexity index is 991. The van der Waals surface area contributed by atoms with E-state index in [0.29, 0.717) is 44.4 Å². The summed E-state index contributed by atoms with van der Waals surface area (Å²) < 4.78 is 15.8. The summed E-state index contributed by atoms with van der Waals surface area (Å²) in [6.45, 7) is 2.01. The molecule has 0 aliphatic rings. The SMILES string of the molecule is CCOC(=O)c1cnc2c(OC)cccc2c1Nc1cc(OC)ccc1Cl. The van der Waals surface area contributed by atoms with Crippen molar-refractivity contribution >= 4 is 39.8 Å². The Balaban J connectivity index is 2.21. The van der Waals surface area contributed by atoms with E-state index in [1.807, 2.05) is 18.2 Å². The Morgan fingerprint density at radius 1 is 1.19 bits per heavy atom. The number of halogens is 1. The predicted molar refractivity (Wildman–Crippen MR) is 106 cm³/mol. The van der Waals surface area contributed by atoms with Gasteiger partial charge in [-0.15, -0.1) is 0 Å². The van der Waals surface area contributed by atoms with Crippen LogP contribution in [-0.2, 0) is 4.74 Å². The number of carbonyl (C=O) groups excluding carboxylic acids is 1. The zero-order valence-electron chi connectivity index (χ0n) is 15.2. The van der Waals surface area contributed by atoms with Crippen molar-refractivity contribution < 1.29 is 19.0 Å². The van der Waals surface area contributed by atoms with Gasteiger partial charge < -0.3 is 19.5 Å². The molecule has 0 aliphatic heterocycles. The molecule has 0 bridgehead atoms. The number of nitrogens with zero attached hydrogens (tertiary/aromatic N) is 1. The van der Waals surface area contributed by atoms with Crippen molar-refractivity contribution in [2.75, 3.05) is 26.1 Å². The van der Waals surface area contributed by atoms with Crippen LogP contribution >= 0.6 is 11.6 Å². The highest BCUT2D eigenvalue weighted by molar-refractivity contribution is 6.33. The van der Waals surface area contributed by atoms with Crippen LogP contribution in [0.4, 0.5) is 11.4 Å². The van der Waals surface area contributed by atoms with Crippen molar-refractivity contribution in [2.45, 2.75) is 6.92 Å². The van der Waals surface area contributed by atoms with E-state index in [0.717, 1.165) is 0 Å². The minimum atomic E-state index is -0.476. The second kappa shape index (κ2) is 8.14. The maximum atomic E-state index is 12.5. The fraction of sp³-hybridized carbons (Fsp3) is 0.200. The van der Waals surface area contributed by atoms with Gasteiger partial charge in [0.15, 0.2) is 0 Å². The molecule has 140 valence electrons.